The third kappa shape index (κ3) is 4.06. The molecule has 2 heterocycles. The van der Waals surface area contributed by atoms with Gasteiger partial charge in [0.05, 0.1) is 0 Å². The van der Waals surface area contributed by atoms with Crippen LogP contribution in [0.3, 0.4) is 0 Å². The van der Waals surface area contributed by atoms with Crippen LogP contribution < -0.4 is 5.32 Å². The zero-order chi connectivity index (χ0) is 12.8. The Kier molecular flexibility index (Phi) is 6.19. The molecule has 2 fully saturated rings. The van der Waals surface area contributed by atoms with Crippen molar-refractivity contribution < 1.29 is 0 Å². The van der Waals surface area contributed by atoms with Crippen LogP contribution in [0.4, 0.5) is 0 Å². The molecule has 0 amide bonds. The summed E-state index contributed by atoms with van der Waals surface area (Å²) < 4.78 is 0. The summed E-state index contributed by atoms with van der Waals surface area (Å²) >= 11 is 4.34. The van der Waals surface area contributed by atoms with Crippen molar-refractivity contribution in [2.45, 2.75) is 43.9 Å². The number of rotatable bonds is 4. The lowest BCUT2D eigenvalue weighted by Crippen LogP contribution is -2.51. The van der Waals surface area contributed by atoms with Crippen molar-refractivity contribution in [3.8, 4) is 0 Å². The van der Waals surface area contributed by atoms with Gasteiger partial charge in [0.2, 0.25) is 0 Å². The number of nitrogens with zero attached hydrogens (tertiary/aromatic N) is 1. The molecule has 0 aromatic heterocycles. The van der Waals surface area contributed by atoms with E-state index in [1.165, 1.54) is 62.7 Å². The highest BCUT2D eigenvalue weighted by atomic mass is 32.2. The molecular weight excluding hydrogens is 260 g/mol. The van der Waals surface area contributed by atoms with E-state index in [4.69, 9.17) is 0 Å². The van der Waals surface area contributed by atoms with Crippen molar-refractivity contribution in [1.29, 1.82) is 0 Å². The topological polar surface area (TPSA) is 15.3 Å². The molecule has 2 saturated heterocycles. The normalized spacial score (nSPS) is 30.0. The second-order valence-corrected chi connectivity index (χ2v) is 8.13. The fourth-order valence-electron chi connectivity index (χ4n) is 3.03. The van der Waals surface area contributed by atoms with E-state index in [2.05, 4.69) is 47.6 Å². The summed E-state index contributed by atoms with van der Waals surface area (Å²) in [5.74, 6) is 4.07. The quantitative estimate of drug-likeness (QED) is 0.855. The highest BCUT2D eigenvalue weighted by Crippen LogP contribution is 2.26. The average molecular weight is 289 g/mol. The molecule has 0 aromatic carbocycles. The zero-order valence-electron chi connectivity index (χ0n) is 11.9. The molecule has 2 rings (SSSR count). The average Bonchev–Trinajstić information content (AvgIpc) is 2.63. The summed E-state index contributed by atoms with van der Waals surface area (Å²) in [6.45, 7) is 9.72. The minimum atomic E-state index is 0.378. The van der Waals surface area contributed by atoms with Gasteiger partial charge in [-0.2, -0.15) is 23.5 Å². The Morgan fingerprint density at radius 2 is 2.11 bits per heavy atom. The van der Waals surface area contributed by atoms with Crippen LogP contribution in [0.1, 0.15) is 33.1 Å². The monoisotopic (exact) mass is 288 g/mol. The molecular formula is C14H28N2S2. The van der Waals surface area contributed by atoms with Gasteiger partial charge in [0.1, 0.15) is 0 Å². The summed E-state index contributed by atoms with van der Waals surface area (Å²) in [5.41, 5.74) is 0.378. The molecule has 4 heteroatoms. The lowest BCUT2D eigenvalue weighted by atomic mass is 9.92. The maximum atomic E-state index is 3.81. The summed E-state index contributed by atoms with van der Waals surface area (Å²) in [6.07, 6.45) is 3.82. The third-order valence-corrected chi connectivity index (χ3v) is 7.20. The Hall–Kier alpha value is 0.620. The fourth-order valence-corrected chi connectivity index (χ4v) is 5.74. The van der Waals surface area contributed by atoms with E-state index >= 15 is 0 Å². The summed E-state index contributed by atoms with van der Waals surface area (Å²) in [6, 6.07) is 0. The van der Waals surface area contributed by atoms with Gasteiger partial charge in [0.15, 0.2) is 0 Å². The molecule has 2 nitrogen and oxygen atoms in total. The van der Waals surface area contributed by atoms with E-state index < -0.39 is 0 Å². The largest absolute Gasteiger partial charge is 0.310 e. The number of thioether (sulfide) groups is 2. The van der Waals surface area contributed by atoms with Crippen LogP contribution in [-0.4, -0.2) is 59.1 Å². The summed E-state index contributed by atoms with van der Waals surface area (Å²) in [5, 5.41) is 4.68. The van der Waals surface area contributed by atoms with Gasteiger partial charge in [-0.15, -0.1) is 0 Å². The Bertz CT molecular complexity index is 238. The first kappa shape index (κ1) is 15.0. The molecule has 0 spiro atoms. The fraction of sp³-hybridized carbons (Fsp3) is 1.00. The van der Waals surface area contributed by atoms with Crippen molar-refractivity contribution in [2.24, 2.45) is 0 Å². The lowest BCUT2D eigenvalue weighted by Gasteiger charge is -2.37. The van der Waals surface area contributed by atoms with Crippen molar-refractivity contribution in [3.63, 3.8) is 0 Å². The molecule has 0 aromatic rings. The predicted octanol–water partition coefficient (Wildman–Crippen LogP) is 2.69. The van der Waals surface area contributed by atoms with E-state index in [1.807, 2.05) is 0 Å². The highest BCUT2D eigenvalue weighted by Gasteiger charge is 2.31. The molecule has 0 radical (unpaired) electrons. The Balaban J connectivity index is 1.89. The van der Waals surface area contributed by atoms with Crippen LogP contribution in [0.2, 0.25) is 0 Å². The van der Waals surface area contributed by atoms with Crippen molar-refractivity contribution in [2.75, 3.05) is 43.4 Å². The van der Waals surface area contributed by atoms with E-state index in [9.17, 15) is 0 Å². The van der Waals surface area contributed by atoms with Crippen molar-refractivity contribution in [3.05, 3.63) is 0 Å². The van der Waals surface area contributed by atoms with Crippen LogP contribution in [0, 0.1) is 0 Å². The van der Waals surface area contributed by atoms with Crippen molar-refractivity contribution in [1.82, 2.24) is 10.2 Å². The van der Waals surface area contributed by atoms with Gasteiger partial charge in [-0.1, -0.05) is 13.8 Å². The van der Waals surface area contributed by atoms with E-state index in [1.54, 1.807) is 0 Å². The highest BCUT2D eigenvalue weighted by molar-refractivity contribution is 8.06. The Morgan fingerprint density at radius 1 is 1.28 bits per heavy atom. The summed E-state index contributed by atoms with van der Waals surface area (Å²) in [7, 11) is 0. The van der Waals surface area contributed by atoms with Gasteiger partial charge < -0.3 is 10.2 Å². The van der Waals surface area contributed by atoms with Crippen molar-refractivity contribution >= 4 is 23.5 Å². The van der Waals surface area contributed by atoms with E-state index in [0.717, 1.165) is 5.25 Å². The van der Waals surface area contributed by atoms with E-state index in [-0.39, 0.29) is 0 Å². The number of nitrogens with one attached hydrogen (secondary N) is 1. The molecule has 1 N–H and O–H groups in total. The van der Waals surface area contributed by atoms with Gasteiger partial charge >= 0.3 is 0 Å². The van der Waals surface area contributed by atoms with E-state index in [0.29, 0.717) is 5.54 Å². The Labute approximate surface area is 121 Å². The van der Waals surface area contributed by atoms with Gasteiger partial charge in [0, 0.05) is 41.1 Å². The second kappa shape index (κ2) is 7.41. The number of hydrogen-bond acceptors (Lipinski definition) is 4. The predicted molar refractivity (Wildman–Crippen MR) is 85.9 cm³/mol. The minimum Gasteiger partial charge on any atom is -0.310 e. The first-order chi connectivity index (χ1) is 8.78. The minimum absolute atomic E-state index is 0.378. The van der Waals surface area contributed by atoms with Crippen LogP contribution in [0.25, 0.3) is 0 Å². The Morgan fingerprint density at radius 3 is 2.78 bits per heavy atom. The van der Waals surface area contributed by atoms with Crippen LogP contribution in [0.15, 0.2) is 0 Å². The maximum Gasteiger partial charge on any atom is 0.0303 e. The van der Waals surface area contributed by atoms with Crippen LogP contribution in [-0.2, 0) is 0 Å². The number of hydrogen-bond donors (Lipinski definition) is 1. The smallest absolute Gasteiger partial charge is 0.0303 e. The second-order valence-electron chi connectivity index (χ2n) is 5.57. The molecule has 106 valence electrons. The standard InChI is InChI=1S/C14H28N2S2/c1-3-14(4-2)12-16(7-5-6-15-14)10-13-11-17-8-9-18-13/h13,15H,3-12H2,1-2H3. The molecule has 2 aliphatic heterocycles. The molecule has 0 saturated carbocycles. The van der Waals surface area contributed by atoms with Gasteiger partial charge in [-0.3, -0.25) is 0 Å². The maximum absolute atomic E-state index is 3.81. The first-order valence-corrected chi connectivity index (χ1v) is 9.65. The summed E-state index contributed by atoms with van der Waals surface area (Å²) in [4.78, 5) is 2.73. The first-order valence-electron chi connectivity index (χ1n) is 7.45. The van der Waals surface area contributed by atoms with Gasteiger partial charge in [-0.05, 0) is 32.4 Å². The zero-order valence-corrected chi connectivity index (χ0v) is 13.5. The molecule has 1 unspecified atom stereocenters. The molecule has 18 heavy (non-hydrogen) atoms. The molecule has 0 bridgehead atoms. The van der Waals surface area contributed by atoms with Gasteiger partial charge in [0.25, 0.3) is 0 Å². The van der Waals surface area contributed by atoms with Gasteiger partial charge in [-0.25, -0.2) is 0 Å². The molecule has 2 aliphatic rings. The molecule has 0 aliphatic carbocycles. The third-order valence-electron chi connectivity index (χ3n) is 4.38. The lowest BCUT2D eigenvalue weighted by molar-refractivity contribution is 0.199. The SMILES string of the molecule is CCC1(CC)CN(CC2CSCCS2)CCCN1. The molecule has 1 atom stereocenters. The van der Waals surface area contributed by atoms with Crippen LogP contribution >= 0.6 is 23.5 Å². The van der Waals surface area contributed by atoms with Crippen LogP contribution in [0.5, 0.6) is 0 Å².